The van der Waals surface area contributed by atoms with Crippen LogP contribution in [0.2, 0.25) is 0 Å². The van der Waals surface area contributed by atoms with E-state index in [0.717, 1.165) is 0 Å². The first kappa shape index (κ1) is 17.8. The third kappa shape index (κ3) is 3.17. The molecule has 2 atom stereocenters. The van der Waals surface area contributed by atoms with Gasteiger partial charge in [0.1, 0.15) is 4.90 Å². The zero-order chi connectivity index (χ0) is 14.2. The Bertz CT molecular complexity index is 585. The maximum atomic E-state index is 14.0. The fraction of sp³-hybridized carbons (Fsp3) is 0.500. The first-order chi connectivity index (χ1) is 8.85. The number of nitrogens with zero attached hydrogens (tertiary/aromatic N) is 1. The van der Waals surface area contributed by atoms with Gasteiger partial charge in [-0.3, -0.25) is 0 Å². The summed E-state index contributed by atoms with van der Waals surface area (Å²) in [5, 5.41) is 3.20. The highest BCUT2D eigenvalue weighted by atomic mass is 79.9. The number of halogens is 3. The van der Waals surface area contributed by atoms with Crippen LogP contribution in [0.4, 0.5) is 4.39 Å². The highest BCUT2D eigenvalue weighted by molar-refractivity contribution is 9.10. The van der Waals surface area contributed by atoms with Crippen molar-refractivity contribution in [3.63, 3.8) is 0 Å². The molecule has 20 heavy (non-hydrogen) atoms. The molecule has 0 aromatic heterocycles. The Hall–Kier alpha value is -0.210. The zero-order valence-corrected chi connectivity index (χ0v) is 14.4. The largest absolute Gasteiger partial charge is 0.311 e. The molecule has 1 aliphatic heterocycles. The molecular weight excluding hydrogens is 371 g/mol. The second-order valence-corrected chi connectivity index (χ2v) is 7.36. The van der Waals surface area contributed by atoms with Crippen molar-refractivity contribution in [3.05, 3.63) is 28.5 Å². The topological polar surface area (TPSA) is 49.4 Å². The molecule has 2 unspecified atom stereocenters. The minimum Gasteiger partial charge on any atom is -0.311 e. The van der Waals surface area contributed by atoms with Crippen LogP contribution in [0.25, 0.3) is 0 Å². The number of piperazine rings is 1. The van der Waals surface area contributed by atoms with E-state index in [1.54, 1.807) is 0 Å². The summed E-state index contributed by atoms with van der Waals surface area (Å²) in [7, 11) is -3.81. The Kier molecular flexibility index (Phi) is 5.98. The molecule has 0 spiro atoms. The van der Waals surface area contributed by atoms with Crippen molar-refractivity contribution in [2.75, 3.05) is 13.1 Å². The second kappa shape index (κ2) is 6.70. The summed E-state index contributed by atoms with van der Waals surface area (Å²) in [6.07, 6.45) is 0. The highest BCUT2D eigenvalue weighted by Crippen LogP contribution is 2.27. The standard InChI is InChI=1S/C12H16BrFN2O2S.ClH/c1-8-9(2)16(7-6-15-8)19(17,18)11-5-3-4-10(13)12(11)14;/h3-5,8-9,15H,6-7H2,1-2H3;1H. The Morgan fingerprint density at radius 1 is 1.40 bits per heavy atom. The van der Waals surface area contributed by atoms with Gasteiger partial charge < -0.3 is 5.32 Å². The lowest BCUT2D eigenvalue weighted by Crippen LogP contribution is -2.57. The molecule has 4 nitrogen and oxygen atoms in total. The van der Waals surface area contributed by atoms with Gasteiger partial charge in [-0.1, -0.05) is 6.07 Å². The van der Waals surface area contributed by atoms with Gasteiger partial charge in [0, 0.05) is 25.2 Å². The third-order valence-corrected chi connectivity index (χ3v) is 6.10. The molecule has 2 rings (SSSR count). The number of rotatable bonds is 2. The lowest BCUT2D eigenvalue weighted by atomic mass is 10.1. The van der Waals surface area contributed by atoms with Crippen LogP contribution in [0.5, 0.6) is 0 Å². The summed E-state index contributed by atoms with van der Waals surface area (Å²) in [5.74, 6) is -0.735. The fourth-order valence-electron chi connectivity index (χ4n) is 2.17. The molecule has 0 aliphatic carbocycles. The minimum absolute atomic E-state index is 0. The molecule has 1 aromatic rings. The molecule has 0 radical (unpaired) electrons. The molecule has 1 aromatic carbocycles. The van der Waals surface area contributed by atoms with E-state index < -0.39 is 15.8 Å². The van der Waals surface area contributed by atoms with E-state index in [4.69, 9.17) is 0 Å². The molecule has 1 fully saturated rings. The van der Waals surface area contributed by atoms with Gasteiger partial charge in [-0.2, -0.15) is 4.31 Å². The van der Waals surface area contributed by atoms with Crippen molar-refractivity contribution < 1.29 is 12.8 Å². The first-order valence-electron chi connectivity index (χ1n) is 6.05. The van der Waals surface area contributed by atoms with Gasteiger partial charge in [0.25, 0.3) is 0 Å². The van der Waals surface area contributed by atoms with Gasteiger partial charge in [-0.05, 0) is 41.9 Å². The monoisotopic (exact) mass is 386 g/mol. The van der Waals surface area contributed by atoms with Crippen molar-refractivity contribution in [1.82, 2.24) is 9.62 Å². The Labute approximate surface area is 133 Å². The van der Waals surface area contributed by atoms with E-state index >= 15 is 0 Å². The van der Waals surface area contributed by atoms with Crippen molar-refractivity contribution in [1.29, 1.82) is 0 Å². The summed E-state index contributed by atoms with van der Waals surface area (Å²) < 4.78 is 40.6. The molecular formula is C12H17BrClFN2O2S. The smallest absolute Gasteiger partial charge is 0.246 e. The summed E-state index contributed by atoms with van der Waals surface area (Å²) in [5.41, 5.74) is 0. The predicted molar refractivity (Wildman–Crippen MR) is 82.2 cm³/mol. The first-order valence-corrected chi connectivity index (χ1v) is 8.28. The molecule has 1 N–H and O–H groups in total. The lowest BCUT2D eigenvalue weighted by molar-refractivity contribution is 0.232. The van der Waals surface area contributed by atoms with Gasteiger partial charge >= 0.3 is 0 Å². The zero-order valence-electron chi connectivity index (χ0n) is 11.1. The maximum Gasteiger partial charge on any atom is 0.246 e. The summed E-state index contributed by atoms with van der Waals surface area (Å²) in [6.45, 7) is 4.66. The molecule has 8 heteroatoms. The molecule has 114 valence electrons. The van der Waals surface area contributed by atoms with E-state index in [-0.39, 0.29) is 33.9 Å². The molecule has 1 saturated heterocycles. The molecule has 0 bridgehead atoms. The Morgan fingerprint density at radius 2 is 2.05 bits per heavy atom. The van der Waals surface area contributed by atoms with Gasteiger partial charge in [0.2, 0.25) is 10.0 Å². The third-order valence-electron chi connectivity index (χ3n) is 3.48. The van der Waals surface area contributed by atoms with Gasteiger partial charge in [0.15, 0.2) is 5.82 Å². The molecule has 1 aliphatic rings. The summed E-state index contributed by atoms with van der Waals surface area (Å²) in [6, 6.07) is 4.14. The van der Waals surface area contributed by atoms with Gasteiger partial charge in [-0.25, -0.2) is 12.8 Å². The normalized spacial score (nSPS) is 24.2. The van der Waals surface area contributed by atoms with Crippen LogP contribution in [0.3, 0.4) is 0 Å². The van der Waals surface area contributed by atoms with Crippen molar-refractivity contribution in [2.24, 2.45) is 0 Å². The number of sulfonamides is 1. The van der Waals surface area contributed by atoms with Crippen LogP contribution >= 0.6 is 28.3 Å². The number of hydrogen-bond acceptors (Lipinski definition) is 3. The second-order valence-electron chi connectivity index (χ2n) is 4.65. The summed E-state index contributed by atoms with van der Waals surface area (Å²) in [4.78, 5) is -0.275. The van der Waals surface area contributed by atoms with E-state index in [0.29, 0.717) is 13.1 Å². The Balaban J connectivity index is 0.00000200. The quantitative estimate of drug-likeness (QED) is 0.847. The summed E-state index contributed by atoms with van der Waals surface area (Å²) >= 11 is 3.02. The van der Waals surface area contributed by atoms with Crippen LogP contribution in [-0.4, -0.2) is 37.9 Å². The van der Waals surface area contributed by atoms with Crippen LogP contribution in [0, 0.1) is 5.82 Å². The van der Waals surface area contributed by atoms with E-state index in [1.807, 2.05) is 13.8 Å². The molecule has 0 saturated carbocycles. The average molecular weight is 388 g/mol. The van der Waals surface area contributed by atoms with Crippen LogP contribution in [-0.2, 0) is 10.0 Å². The lowest BCUT2D eigenvalue weighted by Gasteiger charge is -2.37. The maximum absolute atomic E-state index is 14.0. The Morgan fingerprint density at radius 3 is 2.70 bits per heavy atom. The van der Waals surface area contributed by atoms with Gasteiger partial charge in [-0.15, -0.1) is 12.4 Å². The minimum atomic E-state index is -3.81. The van der Waals surface area contributed by atoms with Crippen molar-refractivity contribution in [2.45, 2.75) is 30.8 Å². The van der Waals surface area contributed by atoms with Crippen molar-refractivity contribution in [3.8, 4) is 0 Å². The number of benzene rings is 1. The van der Waals surface area contributed by atoms with Crippen LogP contribution < -0.4 is 5.32 Å². The van der Waals surface area contributed by atoms with E-state index in [1.165, 1.54) is 22.5 Å². The van der Waals surface area contributed by atoms with Crippen molar-refractivity contribution >= 4 is 38.4 Å². The van der Waals surface area contributed by atoms with E-state index in [9.17, 15) is 12.8 Å². The fourth-order valence-corrected chi connectivity index (χ4v) is 4.46. The van der Waals surface area contributed by atoms with Crippen LogP contribution in [0.1, 0.15) is 13.8 Å². The highest BCUT2D eigenvalue weighted by Gasteiger charge is 2.36. The number of nitrogens with one attached hydrogen (secondary N) is 1. The van der Waals surface area contributed by atoms with Crippen LogP contribution in [0.15, 0.2) is 27.6 Å². The average Bonchev–Trinajstić information content (AvgIpc) is 2.35. The molecule has 0 amide bonds. The van der Waals surface area contributed by atoms with Gasteiger partial charge in [0.05, 0.1) is 4.47 Å². The SMILES string of the molecule is CC1NCCN(S(=O)(=O)c2cccc(Br)c2F)C1C.Cl. The predicted octanol–water partition coefficient (Wildman–Crippen LogP) is 2.38. The van der Waals surface area contributed by atoms with E-state index in [2.05, 4.69) is 21.2 Å². The molecule has 1 heterocycles. The number of hydrogen-bond donors (Lipinski definition) is 1.